The number of carbonyl (C=O) groups is 1. The second-order valence-electron chi connectivity index (χ2n) is 4.71. The first-order valence-corrected chi connectivity index (χ1v) is 6.40. The molecule has 0 saturated carbocycles. The van der Waals surface area contributed by atoms with E-state index in [2.05, 4.69) is 11.9 Å². The summed E-state index contributed by atoms with van der Waals surface area (Å²) in [6.45, 7) is 6.70. The molecular weight excluding hydrogens is 228 g/mol. The van der Waals surface area contributed by atoms with E-state index in [4.69, 9.17) is 0 Å². The highest BCUT2D eigenvalue weighted by molar-refractivity contribution is 5.95. The third-order valence-electron chi connectivity index (χ3n) is 3.00. The molecule has 1 rings (SSSR count). The number of rotatable bonds is 6. The normalized spacial score (nSPS) is 10.4. The summed E-state index contributed by atoms with van der Waals surface area (Å²) < 4.78 is 0. The molecule has 0 fully saturated rings. The summed E-state index contributed by atoms with van der Waals surface area (Å²) in [5.74, 6) is -0.326. The summed E-state index contributed by atoms with van der Waals surface area (Å²) in [5.41, 5.74) is 1.95. The first kappa shape index (κ1) is 14.5. The fourth-order valence-electron chi connectivity index (χ4n) is 2.06. The lowest BCUT2D eigenvalue weighted by Crippen LogP contribution is -2.23. The molecule has 0 amide bonds. The summed E-state index contributed by atoms with van der Waals surface area (Å²) in [4.78, 5) is 17.6. The van der Waals surface area contributed by atoms with Crippen molar-refractivity contribution in [2.75, 3.05) is 18.5 Å². The van der Waals surface area contributed by atoms with Crippen LogP contribution in [0.3, 0.4) is 0 Å². The maximum atomic E-state index is 11.3. The molecule has 0 unspecified atom stereocenters. The fourth-order valence-corrected chi connectivity index (χ4v) is 2.06. The Morgan fingerprint density at radius 1 is 1.39 bits per heavy atom. The highest BCUT2D eigenvalue weighted by atomic mass is 16.4. The molecule has 1 N–H and O–H groups in total. The Morgan fingerprint density at radius 3 is 2.61 bits per heavy atom. The van der Waals surface area contributed by atoms with Crippen LogP contribution in [-0.4, -0.2) is 29.7 Å². The van der Waals surface area contributed by atoms with Crippen molar-refractivity contribution in [3.8, 4) is 0 Å². The summed E-state index contributed by atoms with van der Waals surface area (Å²) in [6.07, 6.45) is 3.36. The molecule has 0 spiro atoms. The van der Waals surface area contributed by atoms with Gasteiger partial charge in [0, 0.05) is 19.3 Å². The average Bonchev–Trinajstić information content (AvgIpc) is 2.27. The van der Waals surface area contributed by atoms with Crippen LogP contribution >= 0.6 is 0 Å². The molecule has 0 saturated heterocycles. The van der Waals surface area contributed by atoms with Crippen LogP contribution in [0.1, 0.15) is 47.8 Å². The van der Waals surface area contributed by atoms with Gasteiger partial charge in [0.05, 0.1) is 0 Å². The van der Waals surface area contributed by atoms with E-state index in [9.17, 15) is 9.90 Å². The third-order valence-corrected chi connectivity index (χ3v) is 3.00. The molecule has 0 bridgehead atoms. The van der Waals surface area contributed by atoms with Crippen LogP contribution in [0.25, 0.3) is 0 Å². The Kier molecular flexibility index (Phi) is 5.13. The summed E-state index contributed by atoms with van der Waals surface area (Å²) >= 11 is 0. The maximum absolute atomic E-state index is 11.3. The van der Waals surface area contributed by atoms with Crippen LogP contribution in [0.4, 0.5) is 5.82 Å². The second-order valence-corrected chi connectivity index (χ2v) is 4.71. The molecule has 0 aliphatic heterocycles. The van der Waals surface area contributed by atoms with Crippen molar-refractivity contribution < 1.29 is 9.90 Å². The Morgan fingerprint density at radius 2 is 2.06 bits per heavy atom. The molecule has 1 aromatic heterocycles. The predicted molar refractivity (Wildman–Crippen MR) is 73.5 cm³/mol. The molecular formula is C14H22N2O2. The van der Waals surface area contributed by atoms with Crippen molar-refractivity contribution in [1.82, 2.24) is 4.98 Å². The van der Waals surface area contributed by atoms with E-state index in [1.807, 2.05) is 31.9 Å². The number of hydrogen-bond donors (Lipinski definition) is 1. The SMILES string of the molecule is CCCCCN(C)c1nc(C)cc(C)c1C(=O)O. The quantitative estimate of drug-likeness (QED) is 0.788. The standard InChI is InChI=1S/C14H22N2O2/c1-5-6-7-8-16(4)13-12(14(17)18)10(2)9-11(3)15-13/h9H,5-8H2,1-4H3,(H,17,18). The van der Waals surface area contributed by atoms with Crippen LogP contribution in [-0.2, 0) is 0 Å². The van der Waals surface area contributed by atoms with Crippen LogP contribution in [0, 0.1) is 13.8 Å². The lowest BCUT2D eigenvalue weighted by molar-refractivity contribution is 0.0696. The fraction of sp³-hybridized carbons (Fsp3) is 0.571. The Bertz CT molecular complexity index is 430. The first-order valence-electron chi connectivity index (χ1n) is 6.40. The highest BCUT2D eigenvalue weighted by Gasteiger charge is 2.18. The number of aromatic carboxylic acids is 1. The van der Waals surface area contributed by atoms with Crippen LogP contribution < -0.4 is 4.90 Å². The minimum Gasteiger partial charge on any atom is -0.478 e. The van der Waals surface area contributed by atoms with E-state index in [-0.39, 0.29) is 0 Å². The van der Waals surface area contributed by atoms with E-state index in [1.54, 1.807) is 0 Å². The van der Waals surface area contributed by atoms with Crippen LogP contribution in [0.15, 0.2) is 6.07 Å². The van der Waals surface area contributed by atoms with Gasteiger partial charge in [-0.3, -0.25) is 0 Å². The number of anilines is 1. The van der Waals surface area contributed by atoms with Crippen molar-refractivity contribution in [2.24, 2.45) is 0 Å². The van der Waals surface area contributed by atoms with Crippen molar-refractivity contribution in [1.29, 1.82) is 0 Å². The molecule has 4 heteroatoms. The Hall–Kier alpha value is -1.58. The number of pyridine rings is 1. The van der Waals surface area contributed by atoms with Crippen molar-refractivity contribution in [3.63, 3.8) is 0 Å². The van der Waals surface area contributed by atoms with Gasteiger partial charge >= 0.3 is 5.97 Å². The van der Waals surface area contributed by atoms with Gasteiger partial charge in [-0.15, -0.1) is 0 Å². The van der Waals surface area contributed by atoms with E-state index in [0.717, 1.165) is 37.1 Å². The minimum absolute atomic E-state index is 0.319. The lowest BCUT2D eigenvalue weighted by atomic mass is 10.1. The van der Waals surface area contributed by atoms with Crippen molar-refractivity contribution >= 4 is 11.8 Å². The largest absolute Gasteiger partial charge is 0.478 e. The lowest BCUT2D eigenvalue weighted by Gasteiger charge is -2.21. The molecule has 0 aliphatic rings. The number of unbranched alkanes of at least 4 members (excludes halogenated alkanes) is 2. The number of carboxylic acids is 1. The topological polar surface area (TPSA) is 53.4 Å². The molecule has 100 valence electrons. The van der Waals surface area contributed by atoms with Gasteiger partial charge in [-0.25, -0.2) is 9.78 Å². The highest BCUT2D eigenvalue weighted by Crippen LogP contribution is 2.22. The first-order chi connectivity index (χ1) is 8.47. The number of nitrogens with zero attached hydrogens (tertiary/aromatic N) is 2. The van der Waals surface area contributed by atoms with Crippen molar-refractivity contribution in [3.05, 3.63) is 22.9 Å². The van der Waals surface area contributed by atoms with Crippen molar-refractivity contribution in [2.45, 2.75) is 40.0 Å². The van der Waals surface area contributed by atoms with Gasteiger partial charge in [-0.05, 0) is 31.9 Å². The molecule has 4 nitrogen and oxygen atoms in total. The molecule has 0 aromatic carbocycles. The molecule has 1 aromatic rings. The zero-order valence-electron chi connectivity index (χ0n) is 11.7. The van der Waals surface area contributed by atoms with Gasteiger partial charge in [0.1, 0.15) is 11.4 Å². The summed E-state index contributed by atoms with van der Waals surface area (Å²) in [6, 6.07) is 1.81. The zero-order valence-corrected chi connectivity index (χ0v) is 11.7. The molecule has 0 atom stereocenters. The minimum atomic E-state index is -0.905. The van der Waals surface area contributed by atoms with Gasteiger partial charge in [-0.2, -0.15) is 0 Å². The van der Waals surface area contributed by atoms with Gasteiger partial charge < -0.3 is 10.0 Å². The number of hydrogen-bond acceptors (Lipinski definition) is 3. The van der Waals surface area contributed by atoms with Gasteiger partial charge in [0.25, 0.3) is 0 Å². The van der Waals surface area contributed by atoms with E-state index in [0.29, 0.717) is 11.4 Å². The molecule has 18 heavy (non-hydrogen) atoms. The monoisotopic (exact) mass is 250 g/mol. The van der Waals surface area contributed by atoms with E-state index < -0.39 is 5.97 Å². The van der Waals surface area contributed by atoms with E-state index in [1.165, 1.54) is 0 Å². The Balaban J connectivity index is 3.02. The zero-order chi connectivity index (χ0) is 13.7. The van der Waals surface area contributed by atoms with Gasteiger partial charge in [-0.1, -0.05) is 19.8 Å². The third kappa shape index (κ3) is 3.45. The Labute approximate surface area is 109 Å². The van der Waals surface area contributed by atoms with Gasteiger partial charge in [0.2, 0.25) is 0 Å². The number of aromatic nitrogens is 1. The smallest absolute Gasteiger partial charge is 0.339 e. The molecule has 0 aliphatic carbocycles. The molecule has 0 radical (unpaired) electrons. The summed E-state index contributed by atoms with van der Waals surface area (Å²) in [7, 11) is 1.91. The van der Waals surface area contributed by atoms with E-state index >= 15 is 0 Å². The number of carboxylic acid groups (broad SMARTS) is 1. The predicted octanol–water partition coefficient (Wildman–Crippen LogP) is 3.02. The molecule has 1 heterocycles. The average molecular weight is 250 g/mol. The van der Waals surface area contributed by atoms with Gasteiger partial charge in [0.15, 0.2) is 0 Å². The number of aryl methyl sites for hydroxylation is 2. The van der Waals surface area contributed by atoms with Crippen LogP contribution in [0.2, 0.25) is 0 Å². The maximum Gasteiger partial charge on any atom is 0.339 e. The van der Waals surface area contributed by atoms with Crippen LogP contribution in [0.5, 0.6) is 0 Å². The second kappa shape index (κ2) is 6.38. The summed E-state index contributed by atoms with van der Waals surface area (Å²) in [5, 5.41) is 9.29.